The van der Waals surface area contributed by atoms with Gasteiger partial charge in [-0.2, -0.15) is 0 Å². The van der Waals surface area contributed by atoms with E-state index >= 15 is 0 Å². The number of nitrogens with zero attached hydrogens (tertiary/aromatic N) is 3. The molecule has 1 saturated heterocycles. The first-order valence-corrected chi connectivity index (χ1v) is 10.7. The van der Waals surface area contributed by atoms with Crippen molar-refractivity contribution in [3.05, 3.63) is 0 Å². The number of hydrogen-bond acceptors (Lipinski definition) is 4. The van der Waals surface area contributed by atoms with Gasteiger partial charge >= 0.3 is 0 Å². The van der Waals surface area contributed by atoms with Gasteiger partial charge in [0.2, 0.25) is 0 Å². The molecule has 1 fully saturated rings. The monoisotopic (exact) mass is 488 g/mol. The van der Waals surface area contributed by atoms with E-state index in [2.05, 4.69) is 27.0 Å². The van der Waals surface area contributed by atoms with E-state index in [1.165, 1.54) is 19.4 Å². The van der Waals surface area contributed by atoms with Gasteiger partial charge in [-0.3, -0.25) is 9.89 Å². The molecule has 0 aromatic heterocycles. The van der Waals surface area contributed by atoms with Crippen LogP contribution in [0.4, 0.5) is 0 Å². The second-order valence-corrected chi connectivity index (χ2v) is 10.3. The van der Waals surface area contributed by atoms with Crippen LogP contribution in [0.2, 0.25) is 0 Å². The fourth-order valence-electron chi connectivity index (χ4n) is 2.97. The number of nitrogens with one attached hydrogen (secondary N) is 1. The van der Waals surface area contributed by atoms with Crippen LogP contribution in [0.25, 0.3) is 0 Å². The Balaban J connectivity index is 0.00000576. The molecule has 0 saturated carbocycles. The normalized spacial score (nSPS) is 19.6. The second-order valence-electron chi connectivity index (χ2n) is 7.47. The van der Waals surface area contributed by atoms with E-state index in [1.54, 1.807) is 20.8 Å². The van der Waals surface area contributed by atoms with Crippen LogP contribution in [0.15, 0.2) is 4.99 Å². The fourth-order valence-corrected chi connectivity index (χ4v) is 3.91. The van der Waals surface area contributed by atoms with Crippen molar-refractivity contribution in [1.82, 2.24) is 15.1 Å². The molecule has 0 aromatic rings. The Morgan fingerprint density at radius 3 is 2.48 bits per heavy atom. The quantitative estimate of drug-likeness (QED) is 0.338. The summed E-state index contributed by atoms with van der Waals surface area (Å²) in [4.78, 5) is 9.17. The third-order valence-electron chi connectivity index (χ3n) is 4.64. The maximum Gasteiger partial charge on any atom is 0.193 e. The number of rotatable bonds is 7. The van der Waals surface area contributed by atoms with Crippen molar-refractivity contribution < 1.29 is 8.42 Å². The SMILES string of the molecule is CCNC(=NCCS(=O)(=O)C(C)(C)C)N(C)CC1CCCN1CC.I. The highest BCUT2D eigenvalue weighted by Crippen LogP contribution is 2.17. The van der Waals surface area contributed by atoms with E-state index in [0.29, 0.717) is 12.6 Å². The number of sulfone groups is 1. The topological polar surface area (TPSA) is 65.0 Å². The number of halogens is 1. The van der Waals surface area contributed by atoms with Gasteiger partial charge in [0.1, 0.15) is 0 Å². The van der Waals surface area contributed by atoms with Gasteiger partial charge in [-0.25, -0.2) is 8.42 Å². The molecule has 8 heteroatoms. The smallest absolute Gasteiger partial charge is 0.193 e. The Morgan fingerprint density at radius 1 is 1.32 bits per heavy atom. The molecule has 0 spiro atoms. The highest BCUT2D eigenvalue weighted by molar-refractivity contribution is 14.0. The first-order valence-electron chi connectivity index (χ1n) is 9.08. The van der Waals surface area contributed by atoms with Gasteiger partial charge < -0.3 is 10.2 Å². The van der Waals surface area contributed by atoms with Crippen molar-refractivity contribution in [3.63, 3.8) is 0 Å². The zero-order valence-electron chi connectivity index (χ0n) is 16.7. The highest BCUT2D eigenvalue weighted by atomic mass is 127. The number of hydrogen-bond donors (Lipinski definition) is 1. The lowest BCUT2D eigenvalue weighted by Crippen LogP contribution is -2.46. The second kappa shape index (κ2) is 10.9. The molecule has 1 atom stereocenters. The summed E-state index contributed by atoms with van der Waals surface area (Å²) in [6, 6.07) is 0.558. The van der Waals surface area contributed by atoms with Crippen LogP contribution < -0.4 is 5.32 Å². The van der Waals surface area contributed by atoms with Gasteiger partial charge in [0.05, 0.1) is 17.0 Å². The minimum absolute atomic E-state index is 0. The largest absolute Gasteiger partial charge is 0.357 e. The van der Waals surface area contributed by atoms with Crippen molar-refractivity contribution in [1.29, 1.82) is 0 Å². The maximum atomic E-state index is 12.2. The summed E-state index contributed by atoms with van der Waals surface area (Å²) >= 11 is 0. The Labute approximate surface area is 171 Å². The number of aliphatic imine (C=N–C) groups is 1. The van der Waals surface area contributed by atoms with E-state index in [4.69, 9.17) is 0 Å². The summed E-state index contributed by atoms with van der Waals surface area (Å²) in [5.74, 6) is 0.883. The lowest BCUT2D eigenvalue weighted by Gasteiger charge is -2.30. The summed E-state index contributed by atoms with van der Waals surface area (Å²) in [6.07, 6.45) is 2.47. The molecule has 0 aromatic carbocycles. The molecule has 0 bridgehead atoms. The van der Waals surface area contributed by atoms with Crippen LogP contribution in [-0.4, -0.2) is 80.5 Å². The predicted molar refractivity (Wildman–Crippen MR) is 118 cm³/mol. The minimum Gasteiger partial charge on any atom is -0.357 e. The standard InChI is InChI=1S/C17H36N4O2S.HI/c1-7-18-16(19-11-13-24(22,23)17(3,4)5)20(6)14-15-10-9-12-21(15)8-2;/h15H,7-14H2,1-6H3,(H,18,19);1H. The lowest BCUT2D eigenvalue weighted by atomic mass is 10.2. The zero-order chi connectivity index (χ0) is 18.4. The van der Waals surface area contributed by atoms with Crippen molar-refractivity contribution in [3.8, 4) is 0 Å². The highest BCUT2D eigenvalue weighted by Gasteiger charge is 2.28. The summed E-state index contributed by atoms with van der Waals surface area (Å²) in [5.41, 5.74) is 0. The van der Waals surface area contributed by atoms with Crippen LogP contribution in [0.5, 0.6) is 0 Å². The van der Waals surface area contributed by atoms with E-state index in [1.807, 2.05) is 14.0 Å². The number of likely N-dealkylation sites (N-methyl/N-ethyl adjacent to an activating group) is 2. The molecule has 1 N–H and O–H groups in total. The van der Waals surface area contributed by atoms with Crippen molar-refractivity contribution in [2.24, 2.45) is 4.99 Å². The number of guanidine groups is 1. The van der Waals surface area contributed by atoms with Crippen molar-refractivity contribution in [2.75, 3.05) is 45.5 Å². The van der Waals surface area contributed by atoms with Gasteiger partial charge in [0.15, 0.2) is 15.8 Å². The summed E-state index contributed by atoms with van der Waals surface area (Å²) in [7, 11) is -1.10. The molecular weight excluding hydrogens is 451 g/mol. The average molecular weight is 488 g/mol. The van der Waals surface area contributed by atoms with Crippen LogP contribution in [0.3, 0.4) is 0 Å². The van der Waals surface area contributed by atoms with E-state index in [-0.39, 0.29) is 29.7 Å². The first kappa shape index (κ1) is 24.9. The third-order valence-corrected chi connectivity index (χ3v) is 7.23. The Bertz CT molecular complexity index is 517. The zero-order valence-corrected chi connectivity index (χ0v) is 19.9. The summed E-state index contributed by atoms with van der Waals surface area (Å²) < 4.78 is 23.7. The van der Waals surface area contributed by atoms with Crippen LogP contribution in [0, 0.1) is 0 Å². The minimum atomic E-state index is -3.13. The van der Waals surface area contributed by atoms with E-state index in [9.17, 15) is 8.42 Å². The average Bonchev–Trinajstić information content (AvgIpc) is 2.92. The molecule has 0 amide bonds. The molecule has 0 aliphatic carbocycles. The van der Waals surface area contributed by atoms with Crippen LogP contribution >= 0.6 is 24.0 Å². The number of likely N-dealkylation sites (tertiary alicyclic amines) is 1. The Kier molecular flexibility index (Phi) is 10.9. The summed E-state index contributed by atoms with van der Waals surface area (Å²) in [6.45, 7) is 13.7. The first-order chi connectivity index (χ1) is 11.1. The maximum absolute atomic E-state index is 12.2. The molecule has 1 aliphatic rings. The van der Waals surface area contributed by atoms with Gasteiger partial charge in [-0.1, -0.05) is 6.92 Å². The van der Waals surface area contributed by atoms with Crippen LogP contribution in [-0.2, 0) is 9.84 Å². The lowest BCUT2D eigenvalue weighted by molar-refractivity contribution is 0.233. The van der Waals surface area contributed by atoms with E-state index in [0.717, 1.165) is 25.6 Å². The third kappa shape index (κ3) is 7.58. The van der Waals surface area contributed by atoms with Gasteiger partial charge in [0.25, 0.3) is 0 Å². The Hall–Kier alpha value is -0.0900. The van der Waals surface area contributed by atoms with Gasteiger partial charge in [0, 0.05) is 26.2 Å². The molecule has 1 unspecified atom stereocenters. The Morgan fingerprint density at radius 2 is 1.96 bits per heavy atom. The summed E-state index contributed by atoms with van der Waals surface area (Å²) in [5, 5.41) is 3.28. The van der Waals surface area contributed by atoms with Gasteiger partial charge in [-0.05, 0) is 53.6 Å². The van der Waals surface area contributed by atoms with Crippen LogP contribution in [0.1, 0.15) is 47.5 Å². The molecule has 25 heavy (non-hydrogen) atoms. The van der Waals surface area contributed by atoms with Gasteiger partial charge in [-0.15, -0.1) is 24.0 Å². The predicted octanol–water partition coefficient (Wildman–Crippen LogP) is 2.20. The molecule has 150 valence electrons. The molecule has 1 heterocycles. The molecule has 0 radical (unpaired) electrons. The molecule has 6 nitrogen and oxygen atoms in total. The molecule has 1 aliphatic heterocycles. The van der Waals surface area contributed by atoms with E-state index < -0.39 is 14.6 Å². The fraction of sp³-hybridized carbons (Fsp3) is 0.941. The molecular formula is C17H37IN4O2S. The van der Waals surface area contributed by atoms with Crippen molar-refractivity contribution in [2.45, 2.75) is 58.2 Å². The molecule has 1 rings (SSSR count). The van der Waals surface area contributed by atoms with Crippen molar-refractivity contribution >= 4 is 39.8 Å².